The Morgan fingerprint density at radius 3 is 1.20 bits per heavy atom. The summed E-state index contributed by atoms with van der Waals surface area (Å²) in [5, 5.41) is 0. The summed E-state index contributed by atoms with van der Waals surface area (Å²) in [7, 11) is -7.80. The van der Waals surface area contributed by atoms with Gasteiger partial charge in [0.05, 0.1) is 0 Å². The van der Waals surface area contributed by atoms with Crippen LogP contribution in [0.2, 0.25) is 0 Å². The van der Waals surface area contributed by atoms with Gasteiger partial charge in [0.25, 0.3) is 0 Å². The van der Waals surface area contributed by atoms with E-state index in [-0.39, 0.29) is 51.7 Å². The smallest absolute Gasteiger partial charge is 1.00 e. The Labute approximate surface area is 102 Å². The molecule has 4 N–H and O–H groups in total. The molecule has 0 amide bonds. The molecule has 0 rings (SSSR count). The van der Waals surface area contributed by atoms with Gasteiger partial charge in [-0.15, -0.1) is 0 Å². The summed E-state index contributed by atoms with van der Waals surface area (Å²) < 4.78 is 40.3. The maximum absolute atomic E-state index is 8.74. The fourth-order valence-electron chi connectivity index (χ4n) is 0. The average Bonchev–Trinajstić information content (AvgIpc) is 1.19. The zero-order chi connectivity index (χ0) is 8.08. The maximum Gasteiger partial charge on any atom is 2.00 e. The molecule has 0 unspecified atom stereocenters. The van der Waals surface area contributed by atoms with E-state index < -0.39 is 19.6 Å². The van der Waals surface area contributed by atoms with Gasteiger partial charge in [-0.2, -0.15) is 8.42 Å². The number of hydrogen-bond donors (Lipinski definition) is 4. The van der Waals surface area contributed by atoms with E-state index in [1.54, 1.807) is 0 Å². The van der Waals surface area contributed by atoms with E-state index in [1.807, 2.05) is 0 Å². The van der Waals surface area contributed by atoms with Crippen LogP contribution in [0.1, 0.15) is 2.85 Å². The Hall–Kier alpha value is 1.06. The molecule has 0 atom stereocenters. The summed E-state index contributed by atoms with van der Waals surface area (Å²) in [6, 6.07) is 0. The van der Waals surface area contributed by atoms with Crippen molar-refractivity contribution in [1.29, 1.82) is 0 Å². The summed E-state index contributed by atoms with van der Waals surface area (Å²) in [5.74, 6) is 0. The predicted molar refractivity (Wildman–Crippen MR) is 33.0 cm³/mol. The molecule has 7 nitrogen and oxygen atoms in total. The van der Waals surface area contributed by atoms with Crippen LogP contribution in [0.4, 0.5) is 0 Å². The zero-order valence-electron chi connectivity index (χ0n) is 6.63. The second-order valence-corrected chi connectivity index (χ2v) is 2.19. The molecule has 0 aromatic rings. The van der Waals surface area contributed by atoms with Gasteiger partial charge in [0, 0.05) is 0 Å². The van der Waals surface area contributed by atoms with Crippen LogP contribution in [-0.2, 0) is 14.9 Å². The van der Waals surface area contributed by atoms with Crippen molar-refractivity contribution in [2.24, 2.45) is 0 Å². The van der Waals surface area contributed by atoms with Gasteiger partial charge in [-0.1, -0.05) is 0 Å². The van der Waals surface area contributed by atoms with Crippen LogP contribution in [-0.4, -0.2) is 85.2 Å². The van der Waals surface area contributed by atoms with Gasteiger partial charge in [-0.05, 0) is 0 Å². The van der Waals surface area contributed by atoms with Crippen LogP contribution in [0, 0.1) is 0 Å². The quantitative estimate of drug-likeness (QED) is 0.289. The zero-order valence-corrected chi connectivity index (χ0v) is 10.9. The summed E-state index contributed by atoms with van der Waals surface area (Å²) >= 11 is 0. The first kappa shape index (κ1) is 17.2. The summed E-state index contributed by atoms with van der Waals surface area (Å²) in [4.78, 5) is 14.3. The molecule has 60 valence electrons. The molecule has 0 heterocycles. The fraction of sp³-hybridized carbons (Fsp3) is 0. The van der Waals surface area contributed by atoms with Crippen molar-refractivity contribution in [2.45, 2.75) is 0 Å². The van der Waals surface area contributed by atoms with Crippen molar-refractivity contribution >= 4 is 68.5 Å². The maximum atomic E-state index is 8.74. The van der Waals surface area contributed by atoms with Crippen LogP contribution in [0.15, 0.2) is 0 Å². The van der Waals surface area contributed by atoms with Crippen molar-refractivity contribution in [3.8, 4) is 0 Å². The molecule has 0 radical (unpaired) electrons. The van der Waals surface area contributed by atoms with Crippen molar-refractivity contribution in [1.82, 2.24) is 0 Å². The third kappa shape index (κ3) is 525. The molecule has 0 aromatic heterocycles. The molecule has 0 bridgehead atoms. The van der Waals surface area contributed by atoms with E-state index >= 15 is 0 Å². The van der Waals surface area contributed by atoms with E-state index in [0.717, 1.165) is 0 Å². The molecule has 0 aliphatic carbocycles. The SMILES string of the molecule is O=S(=O)(O)O.O=[Si](O)O.[Ba+2].[H-].[H-]. The molecule has 0 saturated carbocycles. The number of hydrogen-bond acceptors (Lipinski definition) is 3. The molecule has 10 heteroatoms. The minimum atomic E-state index is -4.67. The Morgan fingerprint density at radius 2 is 1.20 bits per heavy atom. The molecular weight excluding hydrogens is 309 g/mol. The van der Waals surface area contributed by atoms with Gasteiger partial charge in [0.1, 0.15) is 0 Å². The molecule has 0 aliphatic heterocycles. The van der Waals surface area contributed by atoms with Crippen LogP contribution in [0.5, 0.6) is 0 Å². The summed E-state index contributed by atoms with van der Waals surface area (Å²) in [5.41, 5.74) is 0. The first-order valence-electron chi connectivity index (χ1n) is 1.35. The number of rotatable bonds is 0. The second kappa shape index (κ2) is 8.16. The van der Waals surface area contributed by atoms with Gasteiger partial charge < -0.3 is 12.4 Å². The summed E-state index contributed by atoms with van der Waals surface area (Å²) in [6.45, 7) is 0. The van der Waals surface area contributed by atoms with Crippen LogP contribution >= 0.6 is 0 Å². The first-order valence-corrected chi connectivity index (χ1v) is 4.05. The molecule has 0 spiro atoms. The second-order valence-electron chi connectivity index (χ2n) is 0.730. The first-order chi connectivity index (χ1) is 3.73. The minimum absolute atomic E-state index is 0. The molecule has 10 heavy (non-hydrogen) atoms. The molecule has 0 fully saturated rings. The molecule has 0 aliphatic rings. The van der Waals surface area contributed by atoms with Gasteiger partial charge in [-0.25, -0.2) is 0 Å². The Kier molecular flexibility index (Phi) is 14.1. The monoisotopic (exact) mass is 316 g/mol. The van der Waals surface area contributed by atoms with Gasteiger partial charge in [-0.3, -0.25) is 13.6 Å². The Bertz CT molecular complexity index is 164. The summed E-state index contributed by atoms with van der Waals surface area (Å²) in [6.07, 6.45) is 0. The standard InChI is InChI=1S/Ba.H2O4S.H2O3Si.2H/c;1-5(2,3)4;1-4(2)3;;/h;(H2,1,2,3,4);1-2H;;/q+2;;;2*-1. The average molecular weight is 316 g/mol. The van der Waals surface area contributed by atoms with Crippen molar-refractivity contribution < 1.29 is 34.4 Å². The van der Waals surface area contributed by atoms with E-state index in [9.17, 15) is 0 Å². The normalized spacial score (nSPS) is 8.20. The minimum Gasteiger partial charge on any atom is -1.00 e. The van der Waals surface area contributed by atoms with Crippen molar-refractivity contribution in [3.63, 3.8) is 0 Å². The third-order valence-corrected chi connectivity index (χ3v) is 0. The third-order valence-electron chi connectivity index (χ3n) is 0. The van der Waals surface area contributed by atoms with Gasteiger partial charge >= 0.3 is 68.5 Å². The van der Waals surface area contributed by atoms with Gasteiger partial charge in [0.2, 0.25) is 0 Å². The Balaban J connectivity index is -0.0000000221. The van der Waals surface area contributed by atoms with Crippen molar-refractivity contribution in [3.05, 3.63) is 0 Å². The van der Waals surface area contributed by atoms with E-state index in [0.29, 0.717) is 0 Å². The van der Waals surface area contributed by atoms with Gasteiger partial charge in [0.15, 0.2) is 0 Å². The van der Waals surface area contributed by atoms with Crippen LogP contribution < -0.4 is 0 Å². The van der Waals surface area contributed by atoms with E-state index in [4.69, 9.17) is 31.6 Å². The van der Waals surface area contributed by atoms with E-state index in [2.05, 4.69) is 0 Å². The predicted octanol–water partition coefficient (Wildman–Crippen LogP) is -2.42. The molecule has 0 saturated heterocycles. The largest absolute Gasteiger partial charge is 2.00 e. The molecule has 0 aromatic carbocycles. The van der Waals surface area contributed by atoms with Crippen molar-refractivity contribution in [2.75, 3.05) is 0 Å². The van der Waals surface area contributed by atoms with E-state index in [1.165, 1.54) is 0 Å². The van der Waals surface area contributed by atoms with Crippen LogP contribution in [0.25, 0.3) is 0 Å². The Morgan fingerprint density at radius 1 is 1.20 bits per heavy atom. The topological polar surface area (TPSA) is 132 Å². The fourth-order valence-corrected chi connectivity index (χ4v) is 0. The molecular formula is H6BaO7SSi. The van der Waals surface area contributed by atoms with Crippen LogP contribution in [0.3, 0.4) is 0 Å².